The lowest BCUT2D eigenvalue weighted by atomic mass is 10.2. The molecule has 0 aromatic carbocycles. The van der Waals surface area contributed by atoms with Gasteiger partial charge in [0.05, 0.1) is 10.0 Å². The fraction of sp³-hybridized carbons (Fsp3) is 0.429. The molecule has 1 atom stereocenters. The molecule has 1 amide bonds. The van der Waals surface area contributed by atoms with Gasteiger partial charge in [0, 0.05) is 36.3 Å². The van der Waals surface area contributed by atoms with Gasteiger partial charge in [0.25, 0.3) is 0 Å². The number of hydrogen-bond donors (Lipinski definition) is 1. The van der Waals surface area contributed by atoms with E-state index in [0.29, 0.717) is 13.1 Å². The van der Waals surface area contributed by atoms with Crippen LogP contribution < -0.4 is 10.2 Å². The van der Waals surface area contributed by atoms with Crippen molar-refractivity contribution in [3.05, 3.63) is 32.4 Å². The molecule has 2 heterocycles. The molecule has 0 saturated carbocycles. The van der Waals surface area contributed by atoms with Crippen LogP contribution in [0, 0.1) is 0 Å². The number of hydrogen-bond acceptors (Lipinski definition) is 5. The molecule has 2 aromatic rings. The molecule has 0 radical (unpaired) electrons. The van der Waals surface area contributed by atoms with Gasteiger partial charge in [-0.05, 0) is 26.0 Å². The first-order valence-corrected chi connectivity index (χ1v) is 8.79. The SMILES string of the molecule is CCN(C(C)=O)c1nc(CNC(C)c2ccc(Cl)s2)cs1. The van der Waals surface area contributed by atoms with E-state index in [0.717, 1.165) is 15.2 Å². The van der Waals surface area contributed by atoms with Gasteiger partial charge < -0.3 is 5.32 Å². The topological polar surface area (TPSA) is 45.2 Å². The molecule has 1 N–H and O–H groups in total. The third-order valence-electron chi connectivity index (χ3n) is 3.08. The largest absolute Gasteiger partial charge is 0.304 e. The number of carbonyl (C=O) groups excluding carboxylic acids is 1. The van der Waals surface area contributed by atoms with Gasteiger partial charge in [-0.1, -0.05) is 11.6 Å². The Kier molecular flexibility index (Phi) is 5.75. The molecule has 0 aliphatic carbocycles. The second-order valence-electron chi connectivity index (χ2n) is 4.63. The molecule has 2 aromatic heterocycles. The van der Waals surface area contributed by atoms with Crippen LogP contribution in [0.1, 0.15) is 37.4 Å². The molecule has 0 fully saturated rings. The van der Waals surface area contributed by atoms with Crippen LogP contribution in [-0.4, -0.2) is 17.4 Å². The zero-order valence-corrected chi connectivity index (χ0v) is 14.6. The third-order valence-corrected chi connectivity index (χ3v) is 5.40. The number of amides is 1. The van der Waals surface area contributed by atoms with Gasteiger partial charge in [0.1, 0.15) is 0 Å². The van der Waals surface area contributed by atoms with E-state index in [2.05, 4.69) is 17.2 Å². The first-order valence-electron chi connectivity index (χ1n) is 6.72. The lowest BCUT2D eigenvalue weighted by molar-refractivity contribution is -0.116. The molecule has 7 heteroatoms. The van der Waals surface area contributed by atoms with Crippen LogP contribution in [0.4, 0.5) is 5.13 Å². The van der Waals surface area contributed by atoms with Crippen LogP contribution >= 0.6 is 34.3 Å². The maximum absolute atomic E-state index is 11.5. The minimum atomic E-state index is 0.0213. The number of nitrogens with zero attached hydrogens (tertiary/aromatic N) is 2. The number of rotatable bonds is 6. The van der Waals surface area contributed by atoms with Crippen LogP contribution in [-0.2, 0) is 11.3 Å². The van der Waals surface area contributed by atoms with Crippen molar-refractivity contribution in [1.82, 2.24) is 10.3 Å². The smallest absolute Gasteiger partial charge is 0.225 e. The first-order chi connectivity index (χ1) is 10.0. The quantitative estimate of drug-likeness (QED) is 0.859. The second kappa shape index (κ2) is 7.35. The standard InChI is InChI=1S/C14H18ClN3OS2/c1-4-18(10(3)19)14-17-11(8-20-14)7-16-9(2)12-5-6-13(15)21-12/h5-6,8-9,16H,4,7H2,1-3H3. The molecule has 114 valence electrons. The molecule has 0 spiro atoms. The lowest BCUT2D eigenvalue weighted by Crippen LogP contribution is -2.27. The van der Waals surface area contributed by atoms with Gasteiger partial charge >= 0.3 is 0 Å². The summed E-state index contributed by atoms with van der Waals surface area (Å²) < 4.78 is 0.801. The van der Waals surface area contributed by atoms with Crippen LogP contribution in [0.5, 0.6) is 0 Å². The van der Waals surface area contributed by atoms with Crippen molar-refractivity contribution in [3.8, 4) is 0 Å². The molecule has 0 saturated heterocycles. The van der Waals surface area contributed by atoms with Crippen molar-refractivity contribution < 1.29 is 4.79 Å². The molecule has 0 aliphatic rings. The minimum absolute atomic E-state index is 0.0213. The van der Waals surface area contributed by atoms with Crippen LogP contribution in [0.15, 0.2) is 17.5 Å². The maximum atomic E-state index is 11.5. The Morgan fingerprint density at radius 3 is 2.86 bits per heavy atom. The summed E-state index contributed by atoms with van der Waals surface area (Å²) in [5.41, 5.74) is 0.948. The molecular weight excluding hydrogens is 326 g/mol. The summed E-state index contributed by atoms with van der Waals surface area (Å²) in [6.45, 7) is 6.92. The number of carbonyl (C=O) groups is 1. The Bertz CT molecular complexity index is 611. The van der Waals surface area contributed by atoms with Crippen molar-refractivity contribution in [2.45, 2.75) is 33.4 Å². The van der Waals surface area contributed by atoms with E-state index in [4.69, 9.17) is 11.6 Å². The zero-order valence-electron chi connectivity index (χ0n) is 12.2. The van der Waals surface area contributed by atoms with Gasteiger partial charge in [-0.3, -0.25) is 9.69 Å². The Hall–Kier alpha value is -0.950. The van der Waals surface area contributed by atoms with E-state index in [1.165, 1.54) is 16.2 Å². The van der Waals surface area contributed by atoms with Crippen molar-refractivity contribution in [2.24, 2.45) is 0 Å². The van der Waals surface area contributed by atoms with Gasteiger partial charge in [-0.15, -0.1) is 22.7 Å². The molecule has 2 rings (SSSR count). The maximum Gasteiger partial charge on any atom is 0.225 e. The van der Waals surface area contributed by atoms with Crippen LogP contribution in [0.2, 0.25) is 4.34 Å². The summed E-state index contributed by atoms with van der Waals surface area (Å²) in [4.78, 5) is 18.9. The summed E-state index contributed by atoms with van der Waals surface area (Å²) >= 11 is 9.03. The monoisotopic (exact) mass is 343 g/mol. The summed E-state index contributed by atoms with van der Waals surface area (Å²) in [6, 6.07) is 4.17. The van der Waals surface area contributed by atoms with Gasteiger partial charge in [-0.25, -0.2) is 4.98 Å². The normalized spacial score (nSPS) is 12.4. The van der Waals surface area contributed by atoms with E-state index in [1.54, 1.807) is 23.2 Å². The highest BCUT2D eigenvalue weighted by Crippen LogP contribution is 2.27. The predicted molar refractivity (Wildman–Crippen MR) is 90.4 cm³/mol. The summed E-state index contributed by atoms with van der Waals surface area (Å²) in [6.07, 6.45) is 0. The fourth-order valence-electron chi connectivity index (χ4n) is 1.91. The average Bonchev–Trinajstić information content (AvgIpc) is 3.06. The highest BCUT2D eigenvalue weighted by Gasteiger charge is 2.14. The predicted octanol–water partition coefficient (Wildman–Crippen LogP) is 4.08. The fourth-order valence-corrected chi connectivity index (χ4v) is 3.93. The highest BCUT2D eigenvalue weighted by molar-refractivity contribution is 7.16. The minimum Gasteiger partial charge on any atom is -0.304 e. The van der Waals surface area contributed by atoms with E-state index >= 15 is 0 Å². The number of aromatic nitrogens is 1. The van der Waals surface area contributed by atoms with Crippen molar-refractivity contribution >= 4 is 45.3 Å². The molecule has 0 aliphatic heterocycles. The van der Waals surface area contributed by atoms with Gasteiger partial charge in [0.15, 0.2) is 5.13 Å². The summed E-state index contributed by atoms with van der Waals surface area (Å²) in [5.74, 6) is 0.0213. The number of thiazole rings is 1. The Morgan fingerprint density at radius 1 is 1.52 bits per heavy atom. The van der Waals surface area contributed by atoms with Crippen molar-refractivity contribution in [1.29, 1.82) is 0 Å². The first kappa shape index (κ1) is 16.4. The van der Waals surface area contributed by atoms with Gasteiger partial charge in [-0.2, -0.15) is 0 Å². The highest BCUT2D eigenvalue weighted by atomic mass is 35.5. The Balaban J connectivity index is 1.95. The Labute approximate surface area is 137 Å². The van der Waals surface area contributed by atoms with Crippen LogP contribution in [0.25, 0.3) is 0 Å². The van der Waals surface area contributed by atoms with E-state index in [9.17, 15) is 4.79 Å². The zero-order chi connectivity index (χ0) is 15.4. The number of anilines is 1. The van der Waals surface area contributed by atoms with E-state index < -0.39 is 0 Å². The van der Waals surface area contributed by atoms with E-state index in [1.807, 2.05) is 24.4 Å². The molecule has 21 heavy (non-hydrogen) atoms. The van der Waals surface area contributed by atoms with Crippen LogP contribution in [0.3, 0.4) is 0 Å². The summed E-state index contributed by atoms with van der Waals surface area (Å²) in [5, 5.41) is 6.17. The molecule has 0 bridgehead atoms. The number of halogens is 1. The lowest BCUT2D eigenvalue weighted by Gasteiger charge is -2.14. The van der Waals surface area contributed by atoms with Crippen molar-refractivity contribution in [3.63, 3.8) is 0 Å². The molecule has 4 nitrogen and oxygen atoms in total. The third kappa shape index (κ3) is 4.26. The molecule has 1 unspecified atom stereocenters. The second-order valence-corrected chi connectivity index (χ2v) is 7.21. The van der Waals surface area contributed by atoms with Gasteiger partial charge in [0.2, 0.25) is 5.91 Å². The molecular formula is C14H18ClN3OS2. The average molecular weight is 344 g/mol. The van der Waals surface area contributed by atoms with E-state index in [-0.39, 0.29) is 11.9 Å². The number of thiophene rings is 1. The summed E-state index contributed by atoms with van der Waals surface area (Å²) in [7, 11) is 0. The Morgan fingerprint density at radius 2 is 2.29 bits per heavy atom. The van der Waals surface area contributed by atoms with Crippen molar-refractivity contribution in [2.75, 3.05) is 11.4 Å². The number of nitrogens with one attached hydrogen (secondary N) is 1.